The molecule has 2 aromatic carbocycles. The van der Waals surface area contributed by atoms with Crippen molar-refractivity contribution in [2.45, 2.75) is 19.2 Å². The van der Waals surface area contributed by atoms with Gasteiger partial charge in [0.05, 0.1) is 16.2 Å². The Morgan fingerprint density at radius 3 is 2.40 bits per heavy atom. The van der Waals surface area contributed by atoms with Crippen LogP contribution in [0.2, 0.25) is 0 Å². The Morgan fingerprint density at radius 2 is 1.83 bits per heavy atom. The van der Waals surface area contributed by atoms with Crippen LogP contribution in [-0.2, 0) is 20.5 Å². The van der Waals surface area contributed by atoms with Gasteiger partial charge >= 0.3 is 12.1 Å². The number of ether oxygens (including phenoxy) is 1. The second-order valence-electron chi connectivity index (χ2n) is 5.94. The van der Waals surface area contributed by atoms with Gasteiger partial charge in [0.15, 0.2) is 6.10 Å². The predicted molar refractivity (Wildman–Crippen MR) is 105 cm³/mol. The van der Waals surface area contributed by atoms with Gasteiger partial charge in [-0.05, 0) is 36.8 Å². The van der Waals surface area contributed by atoms with Crippen molar-refractivity contribution in [3.05, 3.63) is 74.3 Å². The number of rotatable bonds is 6. The summed E-state index contributed by atoms with van der Waals surface area (Å²) in [7, 11) is 0. The highest BCUT2D eigenvalue weighted by atomic mass is 79.9. The minimum atomic E-state index is -4.94. The number of amides is 1. The number of carbonyl (C=O) groups excluding carboxylic acids is 2. The van der Waals surface area contributed by atoms with Gasteiger partial charge < -0.3 is 10.1 Å². The molecule has 7 nitrogen and oxygen atoms in total. The smallest absolute Gasteiger partial charge is 0.418 e. The van der Waals surface area contributed by atoms with Crippen molar-refractivity contribution in [1.82, 2.24) is 0 Å². The fourth-order valence-corrected chi connectivity index (χ4v) is 2.49. The van der Waals surface area contributed by atoms with Gasteiger partial charge in [-0.25, -0.2) is 4.79 Å². The number of nitrogens with zero attached hydrogens (tertiary/aromatic N) is 1. The number of nitro benzene ring substituents is 1. The van der Waals surface area contributed by atoms with Gasteiger partial charge in [0.2, 0.25) is 0 Å². The predicted octanol–water partition coefficient (Wildman–Crippen LogP) is 4.96. The molecule has 0 aliphatic heterocycles. The number of halogens is 4. The molecule has 0 radical (unpaired) electrons. The average Bonchev–Trinajstić information content (AvgIpc) is 2.66. The summed E-state index contributed by atoms with van der Waals surface area (Å²) >= 11 is 3.27. The van der Waals surface area contributed by atoms with E-state index < -0.39 is 46.0 Å². The summed E-state index contributed by atoms with van der Waals surface area (Å²) in [6.07, 6.45) is -3.84. The molecule has 2 aromatic rings. The Balaban J connectivity index is 2.07. The lowest BCUT2D eigenvalue weighted by Gasteiger charge is -2.16. The zero-order valence-electron chi connectivity index (χ0n) is 15.3. The molecule has 0 fully saturated rings. The summed E-state index contributed by atoms with van der Waals surface area (Å²) in [4.78, 5) is 33.7. The van der Waals surface area contributed by atoms with E-state index in [9.17, 15) is 32.9 Å². The van der Waals surface area contributed by atoms with Gasteiger partial charge in [-0.3, -0.25) is 14.9 Å². The van der Waals surface area contributed by atoms with Crippen LogP contribution in [0.25, 0.3) is 6.08 Å². The van der Waals surface area contributed by atoms with Crippen molar-refractivity contribution in [3.8, 4) is 0 Å². The van der Waals surface area contributed by atoms with Crippen LogP contribution in [0.15, 0.2) is 53.0 Å². The van der Waals surface area contributed by atoms with Gasteiger partial charge in [0.25, 0.3) is 11.6 Å². The van der Waals surface area contributed by atoms with Crippen molar-refractivity contribution in [1.29, 1.82) is 0 Å². The lowest BCUT2D eigenvalue weighted by molar-refractivity contribution is -0.385. The second-order valence-corrected chi connectivity index (χ2v) is 6.85. The van der Waals surface area contributed by atoms with Crippen LogP contribution >= 0.6 is 15.9 Å². The second kappa shape index (κ2) is 9.53. The van der Waals surface area contributed by atoms with Crippen LogP contribution in [0, 0.1) is 10.1 Å². The maximum atomic E-state index is 13.2. The molecule has 0 aliphatic carbocycles. The Hall–Kier alpha value is -3.21. The lowest BCUT2D eigenvalue weighted by Crippen LogP contribution is -2.30. The standard InChI is InChI=1S/C19H14BrF3N2O5/c1-11(30-17(26)9-4-12-2-5-13(20)6-3-12)18(27)24-16-8-7-14(25(28)29)10-15(16)19(21,22)23/h2-11H,1H3,(H,24,27)/b9-4+. The minimum Gasteiger partial charge on any atom is -0.449 e. The summed E-state index contributed by atoms with van der Waals surface area (Å²) in [5.74, 6) is -1.90. The summed E-state index contributed by atoms with van der Waals surface area (Å²) < 4.78 is 45.2. The Morgan fingerprint density at radius 1 is 1.20 bits per heavy atom. The van der Waals surface area contributed by atoms with E-state index in [1.54, 1.807) is 24.3 Å². The lowest BCUT2D eigenvalue weighted by atomic mass is 10.1. The number of benzene rings is 2. The SMILES string of the molecule is CC(OC(=O)/C=C/c1ccc(Br)cc1)C(=O)Nc1ccc([N+](=O)[O-])cc1C(F)(F)F. The topological polar surface area (TPSA) is 98.5 Å². The summed E-state index contributed by atoms with van der Waals surface area (Å²) in [5.41, 5.74) is -2.17. The first-order valence-electron chi connectivity index (χ1n) is 8.28. The number of esters is 1. The highest BCUT2D eigenvalue weighted by Gasteiger charge is 2.36. The van der Waals surface area contributed by atoms with Crippen LogP contribution in [0.1, 0.15) is 18.1 Å². The number of alkyl halides is 3. The van der Waals surface area contributed by atoms with Crippen molar-refractivity contribution < 1.29 is 32.4 Å². The van der Waals surface area contributed by atoms with Gasteiger partial charge in [0.1, 0.15) is 0 Å². The summed E-state index contributed by atoms with van der Waals surface area (Å²) in [5, 5.41) is 12.7. The summed E-state index contributed by atoms with van der Waals surface area (Å²) in [6.45, 7) is 1.18. The molecule has 0 saturated carbocycles. The zero-order chi connectivity index (χ0) is 22.5. The first-order valence-corrected chi connectivity index (χ1v) is 9.07. The highest BCUT2D eigenvalue weighted by Crippen LogP contribution is 2.37. The molecule has 2 rings (SSSR count). The molecule has 0 heterocycles. The monoisotopic (exact) mass is 486 g/mol. The molecular weight excluding hydrogens is 473 g/mol. The van der Waals surface area contributed by atoms with E-state index in [2.05, 4.69) is 15.9 Å². The van der Waals surface area contributed by atoms with Crippen molar-refractivity contribution in [2.24, 2.45) is 0 Å². The Kier molecular flexibility index (Phi) is 7.33. The van der Waals surface area contributed by atoms with Crippen LogP contribution in [0.5, 0.6) is 0 Å². The third kappa shape index (κ3) is 6.41. The Bertz CT molecular complexity index is 991. The molecule has 1 amide bonds. The average molecular weight is 487 g/mol. The van der Waals surface area contributed by atoms with Gasteiger partial charge in [-0.15, -0.1) is 0 Å². The fraction of sp³-hybridized carbons (Fsp3) is 0.158. The molecule has 158 valence electrons. The van der Waals surface area contributed by atoms with E-state index in [0.717, 1.165) is 22.7 Å². The van der Waals surface area contributed by atoms with E-state index in [0.29, 0.717) is 11.6 Å². The first kappa shape index (κ1) is 23.1. The van der Waals surface area contributed by atoms with Crippen molar-refractivity contribution in [3.63, 3.8) is 0 Å². The molecule has 0 aliphatic rings. The molecule has 1 atom stereocenters. The molecule has 11 heteroatoms. The van der Waals surface area contributed by atoms with Gasteiger partial charge in [-0.1, -0.05) is 28.1 Å². The van der Waals surface area contributed by atoms with E-state index in [1.165, 1.54) is 13.0 Å². The molecule has 1 unspecified atom stereocenters. The molecule has 0 bridgehead atoms. The van der Waals surface area contributed by atoms with E-state index >= 15 is 0 Å². The maximum Gasteiger partial charge on any atom is 0.418 e. The number of carbonyl (C=O) groups is 2. The van der Waals surface area contributed by atoms with E-state index in [4.69, 9.17) is 4.74 Å². The first-order chi connectivity index (χ1) is 14.0. The third-order valence-electron chi connectivity index (χ3n) is 3.72. The third-order valence-corrected chi connectivity index (χ3v) is 4.25. The fourth-order valence-electron chi connectivity index (χ4n) is 2.23. The molecule has 0 saturated heterocycles. The van der Waals surface area contributed by atoms with Crippen LogP contribution < -0.4 is 5.32 Å². The minimum absolute atomic E-state index is 0.313. The number of non-ortho nitro benzene ring substituents is 1. The van der Waals surface area contributed by atoms with Crippen molar-refractivity contribution >= 4 is 45.3 Å². The van der Waals surface area contributed by atoms with Crippen LogP contribution in [-0.4, -0.2) is 22.9 Å². The van der Waals surface area contributed by atoms with Crippen LogP contribution in [0.3, 0.4) is 0 Å². The number of nitrogens with one attached hydrogen (secondary N) is 1. The number of hydrogen-bond acceptors (Lipinski definition) is 5. The number of nitro groups is 1. The molecule has 1 N–H and O–H groups in total. The van der Waals surface area contributed by atoms with Gasteiger partial charge in [0, 0.05) is 22.7 Å². The quantitative estimate of drug-likeness (QED) is 0.269. The molecule has 30 heavy (non-hydrogen) atoms. The summed E-state index contributed by atoms with van der Waals surface area (Å²) in [6, 6.07) is 8.85. The van der Waals surface area contributed by atoms with Gasteiger partial charge in [-0.2, -0.15) is 13.2 Å². The van der Waals surface area contributed by atoms with Crippen molar-refractivity contribution in [2.75, 3.05) is 5.32 Å². The number of anilines is 1. The normalized spacial score (nSPS) is 12.4. The number of hydrogen-bond donors (Lipinski definition) is 1. The largest absolute Gasteiger partial charge is 0.449 e. The van der Waals surface area contributed by atoms with E-state index in [1.807, 2.05) is 5.32 Å². The Labute approximate surface area is 176 Å². The van der Waals surface area contributed by atoms with Crippen LogP contribution in [0.4, 0.5) is 24.5 Å². The van der Waals surface area contributed by atoms with E-state index in [-0.39, 0.29) is 0 Å². The zero-order valence-corrected chi connectivity index (χ0v) is 16.9. The molecule has 0 spiro atoms. The molecule has 0 aromatic heterocycles. The molecular formula is C19H14BrF3N2O5. The maximum absolute atomic E-state index is 13.2. The highest BCUT2D eigenvalue weighted by molar-refractivity contribution is 9.10.